The molecule has 1 N–H and O–H groups in total. The third-order valence-electron chi connectivity index (χ3n) is 4.31. The highest BCUT2D eigenvalue weighted by Crippen LogP contribution is 2.27. The van der Waals surface area contributed by atoms with Gasteiger partial charge in [-0.3, -0.25) is 0 Å². The van der Waals surface area contributed by atoms with E-state index in [0.29, 0.717) is 6.04 Å². The summed E-state index contributed by atoms with van der Waals surface area (Å²) in [6.45, 7) is 11.3. The highest BCUT2D eigenvalue weighted by Gasteiger charge is 2.33. The van der Waals surface area contributed by atoms with Crippen LogP contribution in [0.1, 0.15) is 39.2 Å². The number of nitrogens with one attached hydrogen (secondary N) is 1. The van der Waals surface area contributed by atoms with Gasteiger partial charge in [0.2, 0.25) is 0 Å². The summed E-state index contributed by atoms with van der Waals surface area (Å²) in [4.78, 5) is 2.59. The molecule has 2 unspecified atom stereocenters. The maximum atomic E-state index is 3.72. The first-order valence-corrected chi connectivity index (χ1v) is 7.16. The van der Waals surface area contributed by atoms with Gasteiger partial charge in [0.15, 0.2) is 0 Å². The number of hydrogen-bond acceptors (Lipinski definition) is 2. The molecule has 1 aromatic carbocycles. The van der Waals surface area contributed by atoms with Crippen molar-refractivity contribution in [3.63, 3.8) is 0 Å². The molecule has 0 spiro atoms. The van der Waals surface area contributed by atoms with Crippen molar-refractivity contribution in [2.24, 2.45) is 0 Å². The van der Waals surface area contributed by atoms with Crippen LogP contribution in [0.15, 0.2) is 24.3 Å². The highest BCUT2D eigenvalue weighted by molar-refractivity contribution is 5.50. The Morgan fingerprint density at radius 2 is 2.17 bits per heavy atom. The zero-order valence-electron chi connectivity index (χ0n) is 12.2. The smallest absolute Gasteiger partial charge is 0.0412 e. The minimum Gasteiger partial charge on any atom is -0.365 e. The largest absolute Gasteiger partial charge is 0.365 e. The van der Waals surface area contributed by atoms with Gasteiger partial charge >= 0.3 is 0 Å². The van der Waals surface area contributed by atoms with Crippen LogP contribution in [0.4, 0.5) is 5.69 Å². The van der Waals surface area contributed by atoms with E-state index in [1.54, 1.807) is 0 Å². The lowest BCUT2D eigenvalue weighted by Crippen LogP contribution is -2.62. The Morgan fingerprint density at radius 1 is 1.39 bits per heavy atom. The summed E-state index contributed by atoms with van der Waals surface area (Å²) in [5, 5.41) is 3.72. The van der Waals surface area contributed by atoms with Gasteiger partial charge in [0, 0.05) is 30.4 Å². The van der Waals surface area contributed by atoms with Crippen LogP contribution in [0, 0.1) is 6.92 Å². The lowest BCUT2D eigenvalue weighted by Gasteiger charge is -2.47. The fraction of sp³-hybridized carbons (Fsp3) is 0.625. The first-order chi connectivity index (χ1) is 8.58. The van der Waals surface area contributed by atoms with E-state index in [2.05, 4.69) is 62.2 Å². The summed E-state index contributed by atoms with van der Waals surface area (Å²) in [6, 6.07) is 9.52. The molecule has 0 saturated carbocycles. The number of nitrogens with zero attached hydrogens (tertiary/aromatic N) is 1. The molecule has 1 aromatic rings. The molecule has 1 aliphatic heterocycles. The number of benzene rings is 1. The van der Waals surface area contributed by atoms with Crippen LogP contribution in [-0.2, 0) is 0 Å². The molecule has 0 bridgehead atoms. The first-order valence-electron chi connectivity index (χ1n) is 7.16. The van der Waals surface area contributed by atoms with Gasteiger partial charge in [-0.15, -0.1) is 0 Å². The molecule has 18 heavy (non-hydrogen) atoms. The van der Waals surface area contributed by atoms with E-state index in [-0.39, 0.29) is 5.54 Å². The Labute approximate surface area is 111 Å². The molecule has 2 atom stereocenters. The molecule has 0 radical (unpaired) electrons. The van der Waals surface area contributed by atoms with Crippen LogP contribution in [-0.4, -0.2) is 24.7 Å². The molecular weight excluding hydrogens is 220 g/mol. The number of rotatable bonds is 3. The lowest BCUT2D eigenvalue weighted by molar-refractivity contribution is 0.276. The van der Waals surface area contributed by atoms with Crippen LogP contribution < -0.4 is 10.2 Å². The predicted octanol–water partition coefficient (Wildman–Crippen LogP) is 3.35. The van der Waals surface area contributed by atoms with Gasteiger partial charge in [-0.2, -0.15) is 0 Å². The molecule has 1 saturated heterocycles. The van der Waals surface area contributed by atoms with Crippen molar-refractivity contribution in [2.75, 3.05) is 18.0 Å². The standard InChI is InChI=1S/C16H26N2/c1-5-14-11-17-16(4,6-2)12-18(14)15-9-7-8-13(3)10-15/h7-10,14,17H,5-6,11-12H2,1-4H3. The SMILES string of the molecule is CCC1CNC(C)(CC)CN1c1cccc(C)c1. The van der Waals surface area contributed by atoms with Crippen LogP contribution in [0.25, 0.3) is 0 Å². The normalized spacial score (nSPS) is 28.4. The Hall–Kier alpha value is -1.02. The third-order valence-corrected chi connectivity index (χ3v) is 4.31. The summed E-state index contributed by atoms with van der Waals surface area (Å²) < 4.78 is 0. The van der Waals surface area contributed by atoms with Gasteiger partial charge in [0.05, 0.1) is 0 Å². The molecule has 2 nitrogen and oxygen atoms in total. The van der Waals surface area contributed by atoms with Crippen molar-refractivity contribution in [3.05, 3.63) is 29.8 Å². The quantitative estimate of drug-likeness (QED) is 0.880. The minimum atomic E-state index is 0.245. The highest BCUT2D eigenvalue weighted by atomic mass is 15.3. The van der Waals surface area contributed by atoms with Gasteiger partial charge in [0.1, 0.15) is 0 Å². The third kappa shape index (κ3) is 2.69. The van der Waals surface area contributed by atoms with Gasteiger partial charge in [-0.05, 0) is 44.4 Å². The van der Waals surface area contributed by atoms with Gasteiger partial charge in [-0.1, -0.05) is 26.0 Å². The Bertz CT molecular complexity index is 402. The van der Waals surface area contributed by atoms with Gasteiger partial charge in [0.25, 0.3) is 0 Å². The average Bonchev–Trinajstić information content (AvgIpc) is 2.39. The second-order valence-corrected chi connectivity index (χ2v) is 5.82. The summed E-state index contributed by atoms with van der Waals surface area (Å²) in [5.74, 6) is 0. The fourth-order valence-electron chi connectivity index (χ4n) is 2.75. The Kier molecular flexibility index (Phi) is 3.96. The number of aryl methyl sites for hydroxylation is 1. The van der Waals surface area contributed by atoms with Crippen molar-refractivity contribution in [3.8, 4) is 0 Å². The number of piperazine rings is 1. The van der Waals surface area contributed by atoms with E-state index in [0.717, 1.165) is 13.1 Å². The molecule has 2 heteroatoms. The first kappa shape index (κ1) is 13.4. The molecule has 0 aromatic heterocycles. The Morgan fingerprint density at radius 3 is 2.78 bits per heavy atom. The summed E-state index contributed by atoms with van der Waals surface area (Å²) in [7, 11) is 0. The Balaban J connectivity index is 2.26. The molecule has 1 fully saturated rings. The van der Waals surface area contributed by atoms with Crippen molar-refractivity contribution in [1.82, 2.24) is 5.32 Å². The van der Waals surface area contributed by atoms with Gasteiger partial charge < -0.3 is 10.2 Å². The van der Waals surface area contributed by atoms with Gasteiger partial charge in [-0.25, -0.2) is 0 Å². The van der Waals surface area contributed by atoms with Crippen LogP contribution in [0.2, 0.25) is 0 Å². The second-order valence-electron chi connectivity index (χ2n) is 5.82. The van der Waals surface area contributed by atoms with Crippen molar-refractivity contribution >= 4 is 5.69 Å². The topological polar surface area (TPSA) is 15.3 Å². The van der Waals surface area contributed by atoms with E-state index < -0.39 is 0 Å². The fourth-order valence-corrected chi connectivity index (χ4v) is 2.75. The van der Waals surface area contributed by atoms with Crippen molar-refractivity contribution in [2.45, 2.75) is 52.1 Å². The molecular formula is C16H26N2. The molecule has 0 amide bonds. The van der Waals surface area contributed by atoms with E-state index in [1.807, 2.05) is 0 Å². The zero-order valence-corrected chi connectivity index (χ0v) is 12.2. The molecule has 2 rings (SSSR count). The molecule has 100 valence electrons. The lowest BCUT2D eigenvalue weighted by atomic mass is 9.92. The molecule has 1 heterocycles. The minimum absolute atomic E-state index is 0.245. The van der Waals surface area contributed by atoms with Crippen molar-refractivity contribution in [1.29, 1.82) is 0 Å². The number of hydrogen-bond donors (Lipinski definition) is 1. The summed E-state index contributed by atoms with van der Waals surface area (Å²) >= 11 is 0. The predicted molar refractivity (Wildman–Crippen MR) is 79.3 cm³/mol. The second kappa shape index (κ2) is 5.31. The average molecular weight is 246 g/mol. The summed E-state index contributed by atoms with van der Waals surface area (Å²) in [5.41, 5.74) is 2.97. The zero-order chi connectivity index (χ0) is 13.2. The van der Waals surface area contributed by atoms with E-state index in [9.17, 15) is 0 Å². The van der Waals surface area contributed by atoms with E-state index >= 15 is 0 Å². The van der Waals surface area contributed by atoms with Crippen molar-refractivity contribution < 1.29 is 0 Å². The van der Waals surface area contributed by atoms with E-state index in [4.69, 9.17) is 0 Å². The van der Waals surface area contributed by atoms with Crippen LogP contribution >= 0.6 is 0 Å². The maximum Gasteiger partial charge on any atom is 0.0412 e. The monoisotopic (exact) mass is 246 g/mol. The molecule has 1 aliphatic rings. The molecule has 0 aliphatic carbocycles. The van der Waals surface area contributed by atoms with E-state index in [1.165, 1.54) is 24.1 Å². The summed E-state index contributed by atoms with van der Waals surface area (Å²) in [6.07, 6.45) is 2.37. The maximum absolute atomic E-state index is 3.72. The number of anilines is 1. The van der Waals surface area contributed by atoms with Crippen LogP contribution in [0.3, 0.4) is 0 Å². The van der Waals surface area contributed by atoms with Crippen LogP contribution in [0.5, 0.6) is 0 Å².